The van der Waals surface area contributed by atoms with Crippen LogP contribution in [-0.2, 0) is 14.3 Å². The van der Waals surface area contributed by atoms with E-state index in [0.29, 0.717) is 21.4 Å². The minimum atomic E-state index is -0.711. The van der Waals surface area contributed by atoms with E-state index in [1.54, 1.807) is 12.1 Å². The van der Waals surface area contributed by atoms with Gasteiger partial charge in [0.1, 0.15) is 6.42 Å². The van der Waals surface area contributed by atoms with E-state index in [0.717, 1.165) is 0 Å². The molecular weight excluding hydrogens is 393 g/mol. The first kappa shape index (κ1) is 20.2. The summed E-state index contributed by atoms with van der Waals surface area (Å²) in [6.45, 7) is -0.512. The molecule has 0 saturated carbocycles. The minimum absolute atomic E-state index is 0.196. The van der Waals surface area contributed by atoms with Gasteiger partial charge in [0.2, 0.25) is 5.91 Å². The molecule has 0 bridgehead atoms. The van der Waals surface area contributed by atoms with Crippen LogP contribution in [0.4, 0.5) is 11.4 Å². The van der Waals surface area contributed by atoms with Crippen molar-refractivity contribution in [3.05, 3.63) is 58.1 Å². The molecule has 0 saturated heterocycles. The average molecular weight is 406 g/mol. The van der Waals surface area contributed by atoms with Crippen molar-refractivity contribution in [2.75, 3.05) is 17.2 Å². The number of halogens is 2. The summed E-state index contributed by atoms with van der Waals surface area (Å²) in [5, 5.41) is 14.1. The summed E-state index contributed by atoms with van der Waals surface area (Å²) in [6, 6.07) is 12.1. The van der Waals surface area contributed by atoms with Gasteiger partial charge in [0.15, 0.2) is 6.61 Å². The highest BCUT2D eigenvalue weighted by Crippen LogP contribution is 2.25. The number of esters is 1. The van der Waals surface area contributed by atoms with Gasteiger partial charge in [0.25, 0.3) is 5.91 Å². The van der Waals surface area contributed by atoms with Crippen molar-refractivity contribution in [1.29, 1.82) is 5.26 Å². The fourth-order valence-electron chi connectivity index (χ4n) is 1.96. The number of nitrogens with zero attached hydrogens (tertiary/aromatic N) is 1. The number of carbonyl (C=O) groups is 3. The van der Waals surface area contributed by atoms with Crippen LogP contribution < -0.4 is 10.6 Å². The van der Waals surface area contributed by atoms with E-state index in [-0.39, 0.29) is 12.0 Å². The quantitative estimate of drug-likeness (QED) is 0.712. The summed E-state index contributed by atoms with van der Waals surface area (Å²) < 4.78 is 4.93. The van der Waals surface area contributed by atoms with Gasteiger partial charge in [-0.2, -0.15) is 5.26 Å². The molecule has 0 heterocycles. The zero-order chi connectivity index (χ0) is 19.8. The molecule has 2 amide bonds. The summed E-state index contributed by atoms with van der Waals surface area (Å²) in [5.74, 6) is -1.74. The van der Waals surface area contributed by atoms with Crippen molar-refractivity contribution >= 4 is 52.4 Å². The molecule has 0 aromatic heterocycles. The maximum Gasteiger partial charge on any atom is 0.338 e. The number of ether oxygens (including phenoxy) is 1. The predicted octanol–water partition coefficient (Wildman–Crippen LogP) is 3.64. The molecule has 2 aromatic rings. The third-order valence-corrected chi connectivity index (χ3v) is 3.75. The number of hydrogen-bond acceptors (Lipinski definition) is 5. The van der Waals surface area contributed by atoms with Crippen molar-refractivity contribution in [2.24, 2.45) is 0 Å². The number of hydrogen-bond donors (Lipinski definition) is 2. The van der Waals surface area contributed by atoms with Crippen molar-refractivity contribution in [3.8, 4) is 6.07 Å². The van der Waals surface area contributed by atoms with Gasteiger partial charge in [-0.05, 0) is 42.5 Å². The molecule has 0 spiro atoms. The van der Waals surface area contributed by atoms with Crippen LogP contribution in [0, 0.1) is 11.3 Å². The lowest BCUT2D eigenvalue weighted by Gasteiger charge is -2.09. The second kappa shape index (κ2) is 9.57. The molecule has 2 N–H and O–H groups in total. The first-order chi connectivity index (χ1) is 12.9. The van der Waals surface area contributed by atoms with Crippen LogP contribution in [0.3, 0.4) is 0 Å². The van der Waals surface area contributed by atoms with Crippen LogP contribution in [0.1, 0.15) is 16.8 Å². The third kappa shape index (κ3) is 6.29. The molecule has 0 fully saturated rings. The van der Waals surface area contributed by atoms with E-state index in [4.69, 9.17) is 33.2 Å². The SMILES string of the molecule is N#CCC(=O)Nc1ccc(C(=O)OCC(=O)Nc2cc(Cl)ccc2Cl)cc1. The zero-order valence-electron chi connectivity index (χ0n) is 13.8. The molecule has 0 aliphatic rings. The lowest BCUT2D eigenvalue weighted by atomic mass is 10.2. The predicted molar refractivity (Wildman–Crippen MR) is 101 cm³/mol. The Kier molecular flexibility index (Phi) is 7.17. The Bertz CT molecular complexity index is 908. The molecule has 9 heteroatoms. The molecule has 0 aliphatic carbocycles. The number of carbonyl (C=O) groups excluding carboxylic acids is 3. The molecule has 138 valence electrons. The minimum Gasteiger partial charge on any atom is -0.452 e. The van der Waals surface area contributed by atoms with Crippen LogP contribution >= 0.6 is 23.2 Å². The summed E-state index contributed by atoms with van der Waals surface area (Å²) >= 11 is 11.8. The van der Waals surface area contributed by atoms with Gasteiger partial charge >= 0.3 is 5.97 Å². The largest absolute Gasteiger partial charge is 0.452 e. The number of rotatable bonds is 6. The van der Waals surface area contributed by atoms with Crippen molar-refractivity contribution in [3.63, 3.8) is 0 Å². The normalized spacial score (nSPS) is 9.81. The molecule has 0 aliphatic heterocycles. The fraction of sp³-hybridized carbons (Fsp3) is 0.111. The van der Waals surface area contributed by atoms with Crippen molar-refractivity contribution in [2.45, 2.75) is 6.42 Å². The van der Waals surface area contributed by atoms with Crippen LogP contribution in [0.5, 0.6) is 0 Å². The smallest absolute Gasteiger partial charge is 0.338 e. The second-order valence-electron chi connectivity index (χ2n) is 5.21. The Morgan fingerprint density at radius 1 is 1.00 bits per heavy atom. The first-order valence-corrected chi connectivity index (χ1v) is 8.33. The molecule has 27 heavy (non-hydrogen) atoms. The van der Waals surface area contributed by atoms with Gasteiger partial charge in [-0.15, -0.1) is 0 Å². The topological polar surface area (TPSA) is 108 Å². The van der Waals surface area contributed by atoms with Crippen LogP contribution in [0.25, 0.3) is 0 Å². The number of amides is 2. The highest BCUT2D eigenvalue weighted by Gasteiger charge is 2.12. The van der Waals surface area contributed by atoms with Gasteiger partial charge in [-0.25, -0.2) is 4.79 Å². The van der Waals surface area contributed by atoms with Crippen molar-refractivity contribution in [1.82, 2.24) is 0 Å². The van der Waals surface area contributed by atoms with E-state index in [2.05, 4.69) is 10.6 Å². The summed E-state index contributed by atoms with van der Waals surface area (Å²) in [6.07, 6.45) is -0.268. The zero-order valence-corrected chi connectivity index (χ0v) is 15.3. The van der Waals surface area contributed by atoms with E-state index in [9.17, 15) is 14.4 Å². The number of nitrogens with one attached hydrogen (secondary N) is 2. The standard InChI is InChI=1S/C18H13Cl2N3O4/c19-12-3-6-14(20)15(9-12)23-17(25)10-27-18(26)11-1-4-13(5-2-11)22-16(24)7-8-21/h1-6,9H,7,10H2,(H,22,24)(H,23,25). The lowest BCUT2D eigenvalue weighted by molar-refractivity contribution is -0.119. The summed E-state index contributed by atoms with van der Waals surface area (Å²) in [4.78, 5) is 35.2. The first-order valence-electron chi connectivity index (χ1n) is 7.58. The monoisotopic (exact) mass is 405 g/mol. The molecule has 0 unspecified atom stereocenters. The molecule has 2 aromatic carbocycles. The number of anilines is 2. The highest BCUT2D eigenvalue weighted by atomic mass is 35.5. The van der Waals surface area contributed by atoms with E-state index < -0.39 is 24.4 Å². The summed E-state index contributed by atoms with van der Waals surface area (Å²) in [5.41, 5.74) is 0.935. The van der Waals surface area contributed by atoms with E-state index >= 15 is 0 Å². The fourth-order valence-corrected chi connectivity index (χ4v) is 2.30. The Morgan fingerprint density at radius 2 is 1.70 bits per heavy atom. The molecule has 2 rings (SSSR count). The van der Waals surface area contributed by atoms with Gasteiger partial charge < -0.3 is 15.4 Å². The highest BCUT2D eigenvalue weighted by molar-refractivity contribution is 6.35. The Labute approximate surface area is 164 Å². The number of nitriles is 1. The van der Waals surface area contributed by atoms with Gasteiger partial charge in [-0.1, -0.05) is 23.2 Å². The Hall–Kier alpha value is -3.08. The van der Waals surface area contributed by atoms with Crippen LogP contribution in [0.2, 0.25) is 10.0 Å². The van der Waals surface area contributed by atoms with Gasteiger partial charge in [-0.3, -0.25) is 9.59 Å². The Balaban J connectivity index is 1.88. The maximum absolute atomic E-state index is 12.0. The van der Waals surface area contributed by atoms with Crippen LogP contribution in [0.15, 0.2) is 42.5 Å². The van der Waals surface area contributed by atoms with Crippen molar-refractivity contribution < 1.29 is 19.1 Å². The maximum atomic E-state index is 12.0. The van der Waals surface area contributed by atoms with E-state index in [1.165, 1.54) is 36.4 Å². The lowest BCUT2D eigenvalue weighted by Crippen LogP contribution is -2.21. The number of benzene rings is 2. The molecule has 7 nitrogen and oxygen atoms in total. The third-order valence-electron chi connectivity index (χ3n) is 3.18. The Morgan fingerprint density at radius 3 is 2.37 bits per heavy atom. The molecular formula is C18H13Cl2N3O4. The molecule has 0 radical (unpaired) electrons. The second-order valence-corrected chi connectivity index (χ2v) is 6.05. The van der Waals surface area contributed by atoms with E-state index in [1.807, 2.05) is 0 Å². The average Bonchev–Trinajstić information content (AvgIpc) is 2.63. The van der Waals surface area contributed by atoms with Gasteiger partial charge in [0, 0.05) is 10.7 Å². The van der Waals surface area contributed by atoms with Crippen LogP contribution in [-0.4, -0.2) is 24.4 Å². The summed E-state index contributed by atoms with van der Waals surface area (Å²) in [7, 11) is 0. The van der Waals surface area contributed by atoms with Gasteiger partial charge in [0.05, 0.1) is 22.3 Å². The molecule has 0 atom stereocenters.